The van der Waals surface area contributed by atoms with Gasteiger partial charge in [0.05, 0.1) is 6.04 Å². The Bertz CT molecular complexity index is 1070. The van der Waals surface area contributed by atoms with Gasteiger partial charge in [-0.15, -0.1) is 10.2 Å². The largest absolute Gasteiger partial charge is 0.408 e. The molecule has 3 rings (SSSR count). The van der Waals surface area contributed by atoms with Crippen molar-refractivity contribution in [3.05, 3.63) is 41.3 Å². The van der Waals surface area contributed by atoms with Gasteiger partial charge in [-0.05, 0) is 50.6 Å². The molecule has 1 atom stereocenters. The van der Waals surface area contributed by atoms with Gasteiger partial charge in [-0.1, -0.05) is 70.9 Å². The van der Waals surface area contributed by atoms with Crippen molar-refractivity contribution in [2.75, 3.05) is 14.1 Å². The Kier molecular flexibility index (Phi) is 9.89. The van der Waals surface area contributed by atoms with E-state index in [1.165, 1.54) is 11.8 Å². The van der Waals surface area contributed by atoms with Crippen molar-refractivity contribution >= 4 is 29.4 Å². The topological polar surface area (TPSA) is 117 Å². The number of nitrogens with zero attached hydrogens (tertiary/aromatic N) is 3. The Morgan fingerprint density at radius 3 is 2.24 bits per heavy atom. The van der Waals surface area contributed by atoms with Crippen LogP contribution < -0.4 is 10.6 Å². The van der Waals surface area contributed by atoms with E-state index < -0.39 is 17.4 Å². The minimum atomic E-state index is -1.08. The summed E-state index contributed by atoms with van der Waals surface area (Å²) in [5.41, 5.74) is 0.511. The Morgan fingerprint density at radius 2 is 1.68 bits per heavy atom. The van der Waals surface area contributed by atoms with Gasteiger partial charge in [0.1, 0.15) is 5.54 Å². The molecule has 2 N–H and O–H groups in total. The monoisotopic (exact) mass is 529 g/mol. The van der Waals surface area contributed by atoms with Crippen LogP contribution in [0.15, 0.2) is 33.9 Å². The number of aromatic nitrogens is 2. The summed E-state index contributed by atoms with van der Waals surface area (Å²) < 4.78 is 5.56. The van der Waals surface area contributed by atoms with Crippen LogP contribution in [0.5, 0.6) is 0 Å². The fourth-order valence-electron chi connectivity index (χ4n) is 4.49. The number of hydrogen-bond donors (Lipinski definition) is 2. The van der Waals surface area contributed by atoms with Crippen molar-refractivity contribution in [2.24, 2.45) is 5.92 Å². The highest BCUT2D eigenvalue weighted by Crippen LogP contribution is 2.30. The summed E-state index contributed by atoms with van der Waals surface area (Å²) in [5.74, 6) is -1.42. The molecule has 1 saturated carbocycles. The van der Waals surface area contributed by atoms with E-state index >= 15 is 0 Å². The maximum atomic E-state index is 13.7. The molecule has 202 valence electrons. The predicted molar refractivity (Wildman–Crippen MR) is 144 cm³/mol. The van der Waals surface area contributed by atoms with Crippen molar-refractivity contribution in [3.8, 4) is 0 Å². The second-order valence-electron chi connectivity index (χ2n) is 10.6. The maximum Gasteiger partial charge on any atom is 0.286 e. The summed E-state index contributed by atoms with van der Waals surface area (Å²) in [6.45, 7) is 8.46. The van der Waals surface area contributed by atoms with Crippen molar-refractivity contribution in [1.29, 1.82) is 0 Å². The zero-order valence-corrected chi connectivity index (χ0v) is 23.5. The average Bonchev–Trinajstić information content (AvgIpc) is 3.30. The Morgan fingerprint density at radius 1 is 1.03 bits per heavy atom. The van der Waals surface area contributed by atoms with Crippen molar-refractivity contribution in [1.82, 2.24) is 25.7 Å². The second-order valence-corrected chi connectivity index (χ2v) is 12.2. The highest BCUT2D eigenvalue weighted by molar-refractivity contribution is 7.99. The fourth-order valence-corrected chi connectivity index (χ4v) is 5.10. The number of amides is 2. The summed E-state index contributed by atoms with van der Waals surface area (Å²) in [5, 5.41) is 14.4. The van der Waals surface area contributed by atoms with E-state index in [2.05, 4.69) is 25.7 Å². The summed E-state index contributed by atoms with van der Waals surface area (Å²) in [4.78, 5) is 42.2. The molecule has 10 heteroatoms. The molecular weight excluding hydrogens is 490 g/mol. The lowest BCUT2D eigenvalue weighted by Crippen LogP contribution is -2.62. The first-order chi connectivity index (χ1) is 17.5. The van der Waals surface area contributed by atoms with Crippen molar-refractivity contribution < 1.29 is 18.8 Å². The van der Waals surface area contributed by atoms with E-state index in [0.29, 0.717) is 23.6 Å². The third kappa shape index (κ3) is 7.64. The van der Waals surface area contributed by atoms with Crippen LogP contribution in [0, 0.1) is 5.92 Å². The highest BCUT2D eigenvalue weighted by atomic mass is 32.2. The van der Waals surface area contributed by atoms with Crippen LogP contribution >= 0.6 is 11.8 Å². The van der Waals surface area contributed by atoms with E-state index in [1.807, 2.05) is 53.9 Å². The number of Topliss-reactive ketones (excluding diaryl/α,β-unsaturated/α-hetero) is 1. The van der Waals surface area contributed by atoms with Gasteiger partial charge in [-0.25, -0.2) is 0 Å². The van der Waals surface area contributed by atoms with Gasteiger partial charge < -0.3 is 20.0 Å². The van der Waals surface area contributed by atoms with Crippen LogP contribution in [-0.4, -0.2) is 63.6 Å². The molecule has 0 saturated heterocycles. The van der Waals surface area contributed by atoms with E-state index in [-0.39, 0.29) is 28.9 Å². The molecule has 0 bridgehead atoms. The molecule has 1 aromatic heterocycles. The van der Waals surface area contributed by atoms with Gasteiger partial charge in [-0.3, -0.25) is 14.4 Å². The van der Waals surface area contributed by atoms with Crippen LogP contribution in [0.4, 0.5) is 0 Å². The quantitative estimate of drug-likeness (QED) is 0.330. The molecule has 1 aliphatic carbocycles. The summed E-state index contributed by atoms with van der Waals surface area (Å²) >= 11 is 1.37. The van der Waals surface area contributed by atoms with Crippen LogP contribution in [0.2, 0.25) is 0 Å². The van der Waals surface area contributed by atoms with Crippen LogP contribution in [0.1, 0.15) is 86.4 Å². The third-order valence-electron chi connectivity index (χ3n) is 6.40. The molecule has 1 aliphatic rings. The van der Waals surface area contributed by atoms with Crippen molar-refractivity contribution in [3.63, 3.8) is 0 Å². The number of benzene rings is 1. The Hall–Kier alpha value is -2.72. The smallest absolute Gasteiger partial charge is 0.286 e. The first kappa shape index (κ1) is 28.8. The lowest BCUT2D eigenvalue weighted by molar-refractivity contribution is -0.129. The zero-order valence-electron chi connectivity index (χ0n) is 22.7. The van der Waals surface area contributed by atoms with Crippen LogP contribution in [-0.2, 0) is 11.3 Å². The molecule has 2 aromatic rings. The van der Waals surface area contributed by atoms with Gasteiger partial charge in [0, 0.05) is 17.4 Å². The van der Waals surface area contributed by atoms with Gasteiger partial charge in [0.2, 0.25) is 11.7 Å². The molecule has 9 nitrogen and oxygen atoms in total. The molecule has 0 spiro atoms. The first-order valence-corrected chi connectivity index (χ1v) is 13.8. The molecule has 1 aromatic carbocycles. The number of ketones is 1. The highest BCUT2D eigenvalue weighted by Gasteiger charge is 2.43. The van der Waals surface area contributed by atoms with Crippen molar-refractivity contribution in [2.45, 2.75) is 88.4 Å². The fraction of sp³-hybridized carbons (Fsp3) is 0.593. The first-order valence-electron chi connectivity index (χ1n) is 12.9. The molecular formula is C27H39N5O4S. The molecule has 37 heavy (non-hydrogen) atoms. The van der Waals surface area contributed by atoms with Crippen LogP contribution in [0.3, 0.4) is 0 Å². The lowest BCUT2D eigenvalue weighted by atomic mass is 9.80. The molecule has 2 amide bonds. The average molecular weight is 530 g/mol. The zero-order chi connectivity index (χ0) is 27.2. The van der Waals surface area contributed by atoms with E-state index in [1.54, 1.807) is 12.1 Å². The summed E-state index contributed by atoms with van der Waals surface area (Å²) in [6, 6.07) is 6.56. The molecule has 1 heterocycles. The predicted octanol–water partition coefficient (Wildman–Crippen LogP) is 4.09. The Balaban J connectivity index is 1.77. The number of thioether (sulfide) groups is 1. The standard InChI is InChI=1S/C27H39N5O4S/c1-17(2)21(22(33)24-30-31-26(36-24)37-18(3)4)28-25(35)27(14-8-7-9-15-27)29-23(34)20-12-10-19(11-13-20)16-32(5)6/h10-13,17-18,21H,7-9,14-16H2,1-6H3,(H,28,35)(H,29,34)/t21-/m0/s1. The summed E-state index contributed by atoms with van der Waals surface area (Å²) in [7, 11) is 3.98. The van der Waals surface area contributed by atoms with E-state index in [9.17, 15) is 14.4 Å². The molecule has 1 fully saturated rings. The number of rotatable bonds is 11. The van der Waals surface area contributed by atoms with Gasteiger partial charge in [-0.2, -0.15) is 0 Å². The third-order valence-corrected chi connectivity index (χ3v) is 7.24. The maximum absolute atomic E-state index is 13.7. The van der Waals surface area contributed by atoms with Crippen LogP contribution in [0.25, 0.3) is 0 Å². The van der Waals surface area contributed by atoms with E-state index in [0.717, 1.165) is 31.4 Å². The summed E-state index contributed by atoms with van der Waals surface area (Å²) in [6.07, 6.45) is 3.65. The lowest BCUT2D eigenvalue weighted by Gasteiger charge is -2.38. The minimum Gasteiger partial charge on any atom is -0.408 e. The SMILES string of the molecule is CC(C)Sc1nnc(C(=O)[C@@H](NC(=O)C2(NC(=O)c3ccc(CN(C)C)cc3)CCCCC2)C(C)C)o1. The number of nitrogens with one attached hydrogen (secondary N) is 2. The van der Waals surface area contributed by atoms with E-state index in [4.69, 9.17) is 4.42 Å². The number of carbonyl (C=O) groups excluding carboxylic acids is 3. The molecule has 0 unspecified atom stereocenters. The Labute approximate surface area is 223 Å². The van der Waals surface area contributed by atoms with Gasteiger partial charge >= 0.3 is 0 Å². The second kappa shape index (κ2) is 12.7. The number of carbonyl (C=O) groups is 3. The number of hydrogen-bond acceptors (Lipinski definition) is 8. The molecule has 0 radical (unpaired) electrons. The normalized spacial score (nSPS) is 16.1. The van der Waals surface area contributed by atoms with Gasteiger partial charge in [0.15, 0.2) is 0 Å². The molecule has 0 aliphatic heterocycles. The van der Waals surface area contributed by atoms with Gasteiger partial charge in [0.25, 0.3) is 17.0 Å². The minimum absolute atomic E-state index is 0.123.